The summed E-state index contributed by atoms with van der Waals surface area (Å²) in [5.41, 5.74) is 0. The van der Waals surface area contributed by atoms with E-state index in [2.05, 4.69) is 42.0 Å². The van der Waals surface area contributed by atoms with E-state index >= 15 is 0 Å². The van der Waals surface area contributed by atoms with Crippen molar-refractivity contribution in [1.29, 1.82) is 0 Å². The van der Waals surface area contributed by atoms with E-state index < -0.39 is 0 Å². The summed E-state index contributed by atoms with van der Waals surface area (Å²) in [6, 6.07) is 0. The fourth-order valence-electron chi connectivity index (χ4n) is 1.04. The summed E-state index contributed by atoms with van der Waals surface area (Å²) in [5, 5.41) is 0. The van der Waals surface area contributed by atoms with Crippen molar-refractivity contribution in [2.45, 2.75) is 13.8 Å². The molecule has 5 heteroatoms. The Hall–Kier alpha value is 0.840. The van der Waals surface area contributed by atoms with E-state index in [9.17, 15) is 0 Å². The maximum Gasteiger partial charge on any atom is 0.102 e. The number of nitrogens with zero attached hydrogens (tertiary/aromatic N) is 2. The SMILES string of the molecule is CC[N+](C)(C)CCOCC[N+](C)(C)CC.[Br-].[Br-]. The van der Waals surface area contributed by atoms with Crippen LogP contribution in [0.2, 0.25) is 0 Å². The van der Waals surface area contributed by atoms with E-state index in [1.165, 1.54) is 13.1 Å². The number of rotatable bonds is 8. The van der Waals surface area contributed by atoms with Gasteiger partial charge in [0.1, 0.15) is 13.1 Å². The lowest BCUT2D eigenvalue weighted by Crippen LogP contribution is -3.00. The minimum Gasteiger partial charge on any atom is -1.00 e. The number of halogens is 2. The third-order valence-corrected chi connectivity index (χ3v) is 3.39. The molecule has 0 aliphatic heterocycles. The molecular formula is C12H30Br2N2O. The van der Waals surface area contributed by atoms with Crippen LogP contribution >= 0.6 is 0 Å². The van der Waals surface area contributed by atoms with Crippen LogP contribution in [0.15, 0.2) is 0 Å². The van der Waals surface area contributed by atoms with Gasteiger partial charge >= 0.3 is 0 Å². The van der Waals surface area contributed by atoms with Crippen LogP contribution in [0.1, 0.15) is 13.8 Å². The van der Waals surface area contributed by atoms with Gasteiger partial charge in [0, 0.05) is 0 Å². The Balaban J connectivity index is -0.000000980. The second-order valence-electron chi connectivity index (χ2n) is 5.56. The molecule has 0 unspecified atom stereocenters. The maximum atomic E-state index is 5.68. The number of quaternary nitrogens is 2. The maximum absolute atomic E-state index is 5.68. The van der Waals surface area contributed by atoms with E-state index in [1.807, 2.05) is 0 Å². The van der Waals surface area contributed by atoms with Crippen molar-refractivity contribution >= 4 is 0 Å². The monoisotopic (exact) mass is 376 g/mol. The predicted molar refractivity (Wildman–Crippen MR) is 65.9 cm³/mol. The number of hydrogen-bond donors (Lipinski definition) is 0. The lowest BCUT2D eigenvalue weighted by atomic mass is 10.4. The molecule has 108 valence electrons. The van der Waals surface area contributed by atoms with E-state index in [0.717, 1.165) is 35.3 Å². The van der Waals surface area contributed by atoms with Gasteiger partial charge in [-0.05, 0) is 13.8 Å². The van der Waals surface area contributed by atoms with Crippen LogP contribution in [0.4, 0.5) is 0 Å². The van der Waals surface area contributed by atoms with E-state index in [1.54, 1.807) is 0 Å². The minimum absolute atomic E-state index is 0. The smallest absolute Gasteiger partial charge is 0.102 e. The fourth-order valence-corrected chi connectivity index (χ4v) is 1.04. The molecule has 0 amide bonds. The fraction of sp³-hybridized carbons (Fsp3) is 1.00. The van der Waals surface area contributed by atoms with Crippen molar-refractivity contribution in [2.24, 2.45) is 0 Å². The molecule has 0 aromatic heterocycles. The summed E-state index contributed by atoms with van der Waals surface area (Å²) in [6.07, 6.45) is 0. The van der Waals surface area contributed by atoms with Crippen LogP contribution < -0.4 is 34.0 Å². The Morgan fingerprint density at radius 2 is 1.00 bits per heavy atom. The second-order valence-corrected chi connectivity index (χ2v) is 5.56. The highest BCUT2D eigenvalue weighted by Crippen LogP contribution is 1.97. The van der Waals surface area contributed by atoms with Gasteiger partial charge in [0.25, 0.3) is 0 Å². The molecule has 0 fully saturated rings. The Morgan fingerprint density at radius 1 is 0.706 bits per heavy atom. The van der Waals surface area contributed by atoms with Crippen molar-refractivity contribution in [1.82, 2.24) is 0 Å². The highest BCUT2D eigenvalue weighted by atomic mass is 79.9. The molecule has 17 heavy (non-hydrogen) atoms. The van der Waals surface area contributed by atoms with Crippen molar-refractivity contribution in [3.8, 4) is 0 Å². The Morgan fingerprint density at radius 3 is 1.24 bits per heavy atom. The lowest BCUT2D eigenvalue weighted by molar-refractivity contribution is -0.892. The zero-order valence-corrected chi connectivity index (χ0v) is 15.5. The van der Waals surface area contributed by atoms with Crippen molar-refractivity contribution < 1.29 is 47.7 Å². The standard InChI is InChI=1S/C12H30N2O.2BrH/c1-7-13(3,4)9-11-15-12-10-14(5,6)8-2;;/h7-12H2,1-6H3;2*1H/q+2;;/p-2. The Bertz CT molecular complexity index is 158. The van der Waals surface area contributed by atoms with Gasteiger partial charge < -0.3 is 47.7 Å². The van der Waals surface area contributed by atoms with Crippen molar-refractivity contribution in [3.05, 3.63) is 0 Å². The van der Waals surface area contributed by atoms with E-state index in [0.29, 0.717) is 0 Å². The Labute approximate surface area is 129 Å². The molecule has 0 saturated heterocycles. The zero-order chi connectivity index (χ0) is 11.9. The molecule has 0 heterocycles. The third-order valence-electron chi connectivity index (χ3n) is 3.39. The topological polar surface area (TPSA) is 9.23 Å². The molecule has 0 aromatic rings. The van der Waals surface area contributed by atoms with Gasteiger partial charge in [-0.1, -0.05) is 0 Å². The number of ether oxygens (including phenoxy) is 1. The number of likely N-dealkylation sites (N-methyl/N-ethyl adjacent to an activating group) is 2. The first kappa shape index (κ1) is 23.0. The number of hydrogen-bond acceptors (Lipinski definition) is 1. The van der Waals surface area contributed by atoms with Gasteiger partial charge in [0.2, 0.25) is 0 Å². The largest absolute Gasteiger partial charge is 1.00 e. The zero-order valence-electron chi connectivity index (χ0n) is 12.3. The molecule has 0 aliphatic rings. The highest BCUT2D eigenvalue weighted by molar-refractivity contribution is 4.34. The van der Waals surface area contributed by atoms with Crippen LogP contribution in [-0.4, -0.2) is 76.5 Å². The quantitative estimate of drug-likeness (QED) is 0.305. The average molecular weight is 378 g/mol. The van der Waals surface area contributed by atoms with Gasteiger partial charge in [-0.15, -0.1) is 0 Å². The van der Waals surface area contributed by atoms with Gasteiger partial charge in [-0.25, -0.2) is 0 Å². The van der Waals surface area contributed by atoms with Crippen LogP contribution in [0.5, 0.6) is 0 Å². The van der Waals surface area contributed by atoms with Crippen LogP contribution in [0, 0.1) is 0 Å². The summed E-state index contributed by atoms with van der Waals surface area (Å²) in [7, 11) is 8.98. The van der Waals surface area contributed by atoms with E-state index in [-0.39, 0.29) is 34.0 Å². The van der Waals surface area contributed by atoms with Crippen LogP contribution in [0.25, 0.3) is 0 Å². The van der Waals surface area contributed by atoms with Crippen LogP contribution in [0.3, 0.4) is 0 Å². The molecular weight excluding hydrogens is 348 g/mol. The second kappa shape index (κ2) is 10.7. The normalized spacial score (nSPS) is 11.6. The minimum atomic E-state index is 0. The average Bonchev–Trinajstić information content (AvgIpc) is 2.17. The molecule has 0 atom stereocenters. The molecule has 0 saturated carbocycles. The highest BCUT2D eigenvalue weighted by Gasteiger charge is 2.13. The predicted octanol–water partition coefficient (Wildman–Crippen LogP) is -4.80. The molecule has 0 N–H and O–H groups in total. The van der Waals surface area contributed by atoms with Gasteiger partial charge in [0.05, 0.1) is 54.5 Å². The first-order chi connectivity index (χ1) is 6.83. The third kappa shape index (κ3) is 13.1. The lowest BCUT2D eigenvalue weighted by Gasteiger charge is -2.29. The molecule has 0 spiro atoms. The molecule has 0 aromatic carbocycles. The van der Waals surface area contributed by atoms with E-state index in [4.69, 9.17) is 4.74 Å². The summed E-state index contributed by atoms with van der Waals surface area (Å²) in [4.78, 5) is 0. The molecule has 3 nitrogen and oxygen atoms in total. The van der Waals surface area contributed by atoms with Crippen molar-refractivity contribution in [2.75, 3.05) is 67.6 Å². The van der Waals surface area contributed by atoms with Crippen molar-refractivity contribution in [3.63, 3.8) is 0 Å². The van der Waals surface area contributed by atoms with Gasteiger partial charge in [0.15, 0.2) is 0 Å². The van der Waals surface area contributed by atoms with Crippen LogP contribution in [-0.2, 0) is 4.74 Å². The molecule has 0 aliphatic carbocycles. The summed E-state index contributed by atoms with van der Waals surface area (Å²) in [6.45, 7) is 10.7. The Kier molecular flexibility index (Phi) is 14.5. The van der Waals surface area contributed by atoms with Gasteiger partial charge in [-0.2, -0.15) is 0 Å². The first-order valence-electron chi connectivity index (χ1n) is 6.05. The molecule has 0 rings (SSSR count). The summed E-state index contributed by atoms with van der Waals surface area (Å²) < 4.78 is 7.77. The summed E-state index contributed by atoms with van der Waals surface area (Å²) in [5.74, 6) is 0. The molecule has 0 bridgehead atoms. The first-order valence-corrected chi connectivity index (χ1v) is 6.05. The summed E-state index contributed by atoms with van der Waals surface area (Å²) >= 11 is 0. The molecule has 0 radical (unpaired) electrons. The van der Waals surface area contributed by atoms with Gasteiger partial charge in [-0.3, -0.25) is 0 Å².